The van der Waals surface area contributed by atoms with Crippen LogP contribution in [-0.4, -0.2) is 32.1 Å². The largest absolute Gasteiger partial charge is 0.323 e. The lowest BCUT2D eigenvalue weighted by molar-refractivity contribution is 0.220. The molecule has 0 spiro atoms. The van der Waals surface area contributed by atoms with Crippen LogP contribution < -0.4 is 10.0 Å². The van der Waals surface area contributed by atoms with Gasteiger partial charge in [0, 0.05) is 29.4 Å². The summed E-state index contributed by atoms with van der Waals surface area (Å²) in [6.07, 6.45) is 0. The van der Waals surface area contributed by atoms with Crippen LogP contribution in [0.4, 0.5) is 16.2 Å². The highest BCUT2D eigenvalue weighted by atomic mass is 79.9. The molecule has 2 aromatic rings. The maximum atomic E-state index is 12.3. The van der Waals surface area contributed by atoms with Gasteiger partial charge >= 0.3 is 6.03 Å². The lowest BCUT2D eigenvalue weighted by Gasteiger charge is -2.19. The van der Waals surface area contributed by atoms with Crippen molar-refractivity contribution in [3.63, 3.8) is 0 Å². The van der Waals surface area contributed by atoms with Crippen LogP contribution in [0.1, 0.15) is 12.5 Å². The number of amides is 2. The third kappa shape index (κ3) is 5.75. The Bertz CT molecular complexity index is 838. The van der Waals surface area contributed by atoms with Crippen molar-refractivity contribution in [1.29, 1.82) is 0 Å². The molecule has 0 aliphatic heterocycles. The van der Waals surface area contributed by atoms with Crippen LogP contribution in [0.25, 0.3) is 0 Å². The lowest BCUT2D eigenvalue weighted by Crippen LogP contribution is -2.30. The van der Waals surface area contributed by atoms with Crippen LogP contribution in [-0.2, 0) is 16.6 Å². The highest BCUT2D eigenvalue weighted by Crippen LogP contribution is 2.19. The van der Waals surface area contributed by atoms with Gasteiger partial charge in [0.15, 0.2) is 0 Å². The van der Waals surface area contributed by atoms with Crippen LogP contribution >= 0.6 is 15.9 Å². The van der Waals surface area contributed by atoms with E-state index >= 15 is 0 Å². The molecule has 8 heteroatoms. The van der Waals surface area contributed by atoms with Crippen LogP contribution in [0, 0.1) is 0 Å². The minimum absolute atomic E-state index is 0.00529. The fourth-order valence-corrected chi connectivity index (χ4v) is 3.10. The summed E-state index contributed by atoms with van der Waals surface area (Å²) in [5.41, 5.74) is 2.05. The predicted octanol–water partition coefficient (Wildman–Crippen LogP) is 3.87. The molecule has 25 heavy (non-hydrogen) atoms. The number of nitrogens with one attached hydrogen (secondary N) is 2. The molecule has 2 rings (SSSR count). The van der Waals surface area contributed by atoms with E-state index in [2.05, 4.69) is 26.0 Å². The van der Waals surface area contributed by atoms with Gasteiger partial charge in [-0.05, 0) is 42.8 Å². The number of hydrogen-bond acceptors (Lipinski definition) is 3. The van der Waals surface area contributed by atoms with Crippen molar-refractivity contribution in [2.45, 2.75) is 13.5 Å². The first-order valence-electron chi connectivity index (χ1n) is 7.67. The van der Waals surface area contributed by atoms with Crippen molar-refractivity contribution in [2.75, 3.05) is 22.8 Å². The van der Waals surface area contributed by atoms with E-state index in [1.165, 1.54) is 0 Å². The average Bonchev–Trinajstić information content (AvgIpc) is 2.58. The second kappa shape index (κ2) is 8.35. The Morgan fingerprint density at radius 3 is 2.28 bits per heavy atom. The first-order chi connectivity index (χ1) is 11.8. The fraction of sp³-hybridized carbons (Fsp3) is 0.235. The Morgan fingerprint density at radius 2 is 1.68 bits per heavy atom. The van der Waals surface area contributed by atoms with Gasteiger partial charge in [-0.25, -0.2) is 13.2 Å². The Morgan fingerprint density at radius 1 is 1.08 bits per heavy atom. The standard InChI is InChI=1S/C17H20BrN3O3S/c1-3-25(23,24)20-15-10-8-14(9-11-15)19-17(22)21(2)12-13-6-4-5-7-16(13)18/h4-11,20H,3,12H2,1-2H3,(H,19,22). The smallest absolute Gasteiger partial charge is 0.321 e. The summed E-state index contributed by atoms with van der Waals surface area (Å²) < 4.78 is 26.5. The van der Waals surface area contributed by atoms with E-state index in [1.54, 1.807) is 43.1 Å². The maximum absolute atomic E-state index is 12.3. The van der Waals surface area contributed by atoms with Crippen molar-refractivity contribution in [2.24, 2.45) is 0 Å². The van der Waals surface area contributed by atoms with E-state index in [4.69, 9.17) is 0 Å². The summed E-state index contributed by atoms with van der Waals surface area (Å²) in [7, 11) is -1.60. The van der Waals surface area contributed by atoms with Crippen molar-refractivity contribution in [3.05, 3.63) is 58.6 Å². The molecule has 0 radical (unpaired) electrons. The van der Waals surface area contributed by atoms with Gasteiger partial charge in [-0.2, -0.15) is 0 Å². The zero-order valence-corrected chi connectivity index (χ0v) is 16.4. The molecular weight excluding hydrogens is 406 g/mol. The maximum Gasteiger partial charge on any atom is 0.321 e. The number of carbonyl (C=O) groups is 1. The van der Waals surface area contributed by atoms with Crippen molar-refractivity contribution in [1.82, 2.24) is 4.90 Å². The number of rotatable bonds is 6. The Kier molecular flexibility index (Phi) is 6.44. The lowest BCUT2D eigenvalue weighted by atomic mass is 10.2. The number of benzene rings is 2. The Balaban J connectivity index is 1.97. The third-order valence-corrected chi connectivity index (χ3v) is 5.58. The first kappa shape index (κ1) is 19.3. The highest BCUT2D eigenvalue weighted by molar-refractivity contribution is 9.10. The molecule has 0 aliphatic carbocycles. The van der Waals surface area contributed by atoms with Crippen LogP contribution in [0.2, 0.25) is 0 Å². The van der Waals surface area contributed by atoms with Crippen molar-refractivity contribution in [3.8, 4) is 0 Å². The van der Waals surface area contributed by atoms with Crippen LogP contribution in [0.15, 0.2) is 53.0 Å². The number of hydrogen-bond donors (Lipinski definition) is 2. The predicted molar refractivity (Wildman–Crippen MR) is 104 cm³/mol. The summed E-state index contributed by atoms with van der Waals surface area (Å²) >= 11 is 3.46. The molecule has 2 amide bonds. The van der Waals surface area contributed by atoms with E-state index in [0.29, 0.717) is 17.9 Å². The number of nitrogens with zero attached hydrogens (tertiary/aromatic N) is 1. The number of halogens is 1. The second-order valence-corrected chi connectivity index (χ2v) is 8.33. The summed E-state index contributed by atoms with van der Waals surface area (Å²) in [4.78, 5) is 13.8. The second-order valence-electron chi connectivity index (χ2n) is 5.46. The summed E-state index contributed by atoms with van der Waals surface area (Å²) in [6.45, 7) is 2.03. The number of anilines is 2. The van der Waals surface area contributed by atoms with Gasteiger partial charge in [-0.1, -0.05) is 34.1 Å². The fourth-order valence-electron chi connectivity index (χ4n) is 2.05. The van der Waals surface area contributed by atoms with Gasteiger partial charge in [-0.3, -0.25) is 4.72 Å². The molecule has 0 heterocycles. The van der Waals surface area contributed by atoms with E-state index in [9.17, 15) is 13.2 Å². The molecular formula is C17H20BrN3O3S. The molecule has 0 bridgehead atoms. The zero-order chi connectivity index (χ0) is 18.4. The molecule has 0 fully saturated rings. The average molecular weight is 426 g/mol. The Labute approximate surface area is 156 Å². The number of carbonyl (C=O) groups excluding carboxylic acids is 1. The molecule has 0 saturated heterocycles. The van der Waals surface area contributed by atoms with Crippen molar-refractivity contribution >= 4 is 43.4 Å². The van der Waals surface area contributed by atoms with E-state index < -0.39 is 10.0 Å². The third-order valence-electron chi connectivity index (χ3n) is 3.50. The molecule has 134 valence electrons. The molecule has 2 N–H and O–H groups in total. The van der Waals surface area contributed by atoms with E-state index in [-0.39, 0.29) is 11.8 Å². The van der Waals surface area contributed by atoms with Crippen LogP contribution in [0.5, 0.6) is 0 Å². The number of sulfonamides is 1. The van der Waals surface area contributed by atoms with E-state index in [0.717, 1.165) is 10.0 Å². The quantitative estimate of drug-likeness (QED) is 0.736. The zero-order valence-electron chi connectivity index (χ0n) is 14.0. The summed E-state index contributed by atoms with van der Waals surface area (Å²) in [6, 6.07) is 14.0. The molecule has 0 saturated carbocycles. The van der Waals surface area contributed by atoms with Gasteiger partial charge < -0.3 is 10.2 Å². The summed E-state index contributed by atoms with van der Waals surface area (Å²) in [5, 5.41) is 2.78. The van der Waals surface area contributed by atoms with Crippen molar-refractivity contribution < 1.29 is 13.2 Å². The summed E-state index contributed by atoms with van der Waals surface area (Å²) in [5.74, 6) is 0.00529. The van der Waals surface area contributed by atoms with Gasteiger partial charge in [0.05, 0.1) is 5.75 Å². The Hall–Kier alpha value is -2.06. The van der Waals surface area contributed by atoms with Gasteiger partial charge in [-0.15, -0.1) is 0 Å². The normalized spacial score (nSPS) is 11.0. The topological polar surface area (TPSA) is 78.5 Å². The first-order valence-corrected chi connectivity index (χ1v) is 10.1. The monoisotopic (exact) mass is 425 g/mol. The minimum Gasteiger partial charge on any atom is -0.323 e. The van der Waals surface area contributed by atoms with E-state index in [1.807, 2.05) is 24.3 Å². The van der Waals surface area contributed by atoms with Crippen LogP contribution in [0.3, 0.4) is 0 Å². The molecule has 0 atom stereocenters. The minimum atomic E-state index is -3.31. The highest BCUT2D eigenvalue weighted by Gasteiger charge is 2.11. The molecule has 0 aliphatic rings. The van der Waals surface area contributed by atoms with Gasteiger partial charge in [0.1, 0.15) is 0 Å². The molecule has 6 nitrogen and oxygen atoms in total. The number of urea groups is 1. The molecule has 0 aromatic heterocycles. The molecule has 2 aromatic carbocycles. The SMILES string of the molecule is CCS(=O)(=O)Nc1ccc(NC(=O)N(C)Cc2ccccc2Br)cc1. The van der Waals surface area contributed by atoms with Gasteiger partial charge in [0.25, 0.3) is 0 Å². The van der Waals surface area contributed by atoms with Gasteiger partial charge in [0.2, 0.25) is 10.0 Å². The molecule has 0 unspecified atom stereocenters.